The van der Waals surface area contributed by atoms with Crippen molar-refractivity contribution in [3.63, 3.8) is 0 Å². The van der Waals surface area contributed by atoms with E-state index >= 15 is 0 Å². The molecule has 1 saturated carbocycles. The molecule has 3 nitrogen and oxygen atoms in total. The van der Waals surface area contributed by atoms with Crippen molar-refractivity contribution in [2.24, 2.45) is 5.92 Å². The maximum atomic E-state index is 12.2. The summed E-state index contributed by atoms with van der Waals surface area (Å²) in [7, 11) is 0. The van der Waals surface area contributed by atoms with Gasteiger partial charge < -0.3 is 11.1 Å². The second kappa shape index (κ2) is 6.23. The van der Waals surface area contributed by atoms with Crippen LogP contribution in [0.4, 0.5) is 11.4 Å². The lowest BCUT2D eigenvalue weighted by molar-refractivity contribution is -0.120. The normalized spacial score (nSPS) is 17.2. The summed E-state index contributed by atoms with van der Waals surface area (Å²) >= 11 is 3.43. The first-order valence-corrected chi connectivity index (χ1v) is 7.32. The summed E-state index contributed by atoms with van der Waals surface area (Å²) in [6.45, 7) is 0. The Labute approximate surface area is 116 Å². The van der Waals surface area contributed by atoms with Gasteiger partial charge in [0.15, 0.2) is 0 Å². The standard InChI is InChI=1S/C14H19BrN2O/c15-12-8-7-11(16)9-13(12)17-14(18)10-5-3-1-2-4-6-10/h7-10H,1-6,16H2,(H,17,18). The lowest BCUT2D eigenvalue weighted by Crippen LogP contribution is -2.22. The first-order chi connectivity index (χ1) is 8.66. The highest BCUT2D eigenvalue weighted by molar-refractivity contribution is 9.10. The molecule has 1 aliphatic carbocycles. The van der Waals surface area contributed by atoms with E-state index in [1.165, 1.54) is 12.8 Å². The minimum Gasteiger partial charge on any atom is -0.399 e. The minimum atomic E-state index is 0.128. The molecule has 1 aromatic carbocycles. The first-order valence-electron chi connectivity index (χ1n) is 6.52. The zero-order valence-electron chi connectivity index (χ0n) is 10.4. The lowest BCUT2D eigenvalue weighted by atomic mass is 9.99. The molecular formula is C14H19BrN2O. The number of anilines is 2. The zero-order chi connectivity index (χ0) is 13.0. The Hall–Kier alpha value is -1.03. The summed E-state index contributed by atoms with van der Waals surface area (Å²) < 4.78 is 0.874. The number of amides is 1. The molecule has 0 saturated heterocycles. The Kier molecular flexibility index (Phi) is 4.64. The second-order valence-electron chi connectivity index (χ2n) is 4.92. The molecule has 0 aliphatic heterocycles. The molecule has 0 spiro atoms. The Morgan fingerprint density at radius 2 is 1.89 bits per heavy atom. The van der Waals surface area contributed by atoms with Gasteiger partial charge in [-0.25, -0.2) is 0 Å². The molecule has 0 radical (unpaired) electrons. The van der Waals surface area contributed by atoms with E-state index in [2.05, 4.69) is 21.2 Å². The number of hydrogen-bond donors (Lipinski definition) is 2. The molecule has 0 heterocycles. The van der Waals surface area contributed by atoms with E-state index in [1.807, 2.05) is 12.1 Å². The minimum absolute atomic E-state index is 0.128. The van der Waals surface area contributed by atoms with E-state index in [-0.39, 0.29) is 11.8 Å². The van der Waals surface area contributed by atoms with Crippen LogP contribution in [0.1, 0.15) is 38.5 Å². The van der Waals surface area contributed by atoms with Gasteiger partial charge in [-0.2, -0.15) is 0 Å². The van der Waals surface area contributed by atoms with Crippen LogP contribution in [0.25, 0.3) is 0 Å². The van der Waals surface area contributed by atoms with Gasteiger partial charge in [0, 0.05) is 16.1 Å². The molecule has 2 rings (SSSR count). The molecule has 4 heteroatoms. The van der Waals surface area contributed by atoms with E-state index < -0.39 is 0 Å². The quantitative estimate of drug-likeness (QED) is 0.642. The van der Waals surface area contributed by atoms with Gasteiger partial charge in [-0.05, 0) is 47.0 Å². The van der Waals surface area contributed by atoms with Gasteiger partial charge in [0.2, 0.25) is 5.91 Å². The van der Waals surface area contributed by atoms with Crippen LogP contribution in [0.15, 0.2) is 22.7 Å². The molecule has 18 heavy (non-hydrogen) atoms. The Bertz CT molecular complexity index is 426. The fourth-order valence-corrected chi connectivity index (χ4v) is 2.76. The number of rotatable bonds is 2. The Morgan fingerprint density at radius 1 is 1.22 bits per heavy atom. The van der Waals surface area contributed by atoms with Crippen LogP contribution in [0.3, 0.4) is 0 Å². The van der Waals surface area contributed by atoms with Crippen molar-refractivity contribution in [1.29, 1.82) is 0 Å². The largest absolute Gasteiger partial charge is 0.399 e. The molecule has 98 valence electrons. The average molecular weight is 311 g/mol. The number of carbonyl (C=O) groups excluding carboxylic acids is 1. The molecular weight excluding hydrogens is 292 g/mol. The van der Waals surface area contributed by atoms with Gasteiger partial charge in [-0.1, -0.05) is 25.7 Å². The highest BCUT2D eigenvalue weighted by Gasteiger charge is 2.20. The van der Waals surface area contributed by atoms with Gasteiger partial charge in [0.1, 0.15) is 0 Å². The summed E-state index contributed by atoms with van der Waals surface area (Å²) in [6.07, 6.45) is 6.85. The van der Waals surface area contributed by atoms with E-state index in [9.17, 15) is 4.79 Å². The number of carbonyl (C=O) groups is 1. The molecule has 0 bridgehead atoms. The van der Waals surface area contributed by atoms with E-state index in [0.29, 0.717) is 5.69 Å². The van der Waals surface area contributed by atoms with E-state index in [1.54, 1.807) is 6.07 Å². The molecule has 3 N–H and O–H groups in total. The molecule has 0 atom stereocenters. The summed E-state index contributed by atoms with van der Waals surface area (Å²) in [6, 6.07) is 5.46. The number of nitrogens with two attached hydrogens (primary N) is 1. The predicted octanol–water partition coefficient (Wildman–Crippen LogP) is 3.94. The smallest absolute Gasteiger partial charge is 0.227 e. The third-order valence-corrected chi connectivity index (χ3v) is 4.17. The monoisotopic (exact) mass is 310 g/mol. The molecule has 1 aliphatic rings. The molecule has 1 aromatic rings. The van der Waals surface area contributed by atoms with Crippen molar-refractivity contribution in [3.8, 4) is 0 Å². The fourth-order valence-electron chi connectivity index (χ4n) is 2.42. The van der Waals surface area contributed by atoms with Crippen LogP contribution in [0, 0.1) is 5.92 Å². The third-order valence-electron chi connectivity index (χ3n) is 3.47. The van der Waals surface area contributed by atoms with Crippen molar-refractivity contribution in [3.05, 3.63) is 22.7 Å². The van der Waals surface area contributed by atoms with Crippen LogP contribution >= 0.6 is 15.9 Å². The van der Waals surface area contributed by atoms with Crippen molar-refractivity contribution in [1.82, 2.24) is 0 Å². The highest BCUT2D eigenvalue weighted by atomic mass is 79.9. The summed E-state index contributed by atoms with van der Waals surface area (Å²) in [5.41, 5.74) is 7.16. The highest BCUT2D eigenvalue weighted by Crippen LogP contribution is 2.28. The lowest BCUT2D eigenvalue weighted by Gasteiger charge is -2.15. The molecule has 0 aromatic heterocycles. The number of benzene rings is 1. The van der Waals surface area contributed by atoms with Gasteiger partial charge in [-0.15, -0.1) is 0 Å². The van der Waals surface area contributed by atoms with Crippen LogP contribution < -0.4 is 11.1 Å². The summed E-state index contributed by atoms with van der Waals surface area (Å²) in [5.74, 6) is 0.282. The number of hydrogen-bond acceptors (Lipinski definition) is 2. The van der Waals surface area contributed by atoms with Crippen LogP contribution in [0.5, 0.6) is 0 Å². The van der Waals surface area contributed by atoms with Crippen molar-refractivity contribution < 1.29 is 4.79 Å². The maximum Gasteiger partial charge on any atom is 0.227 e. The van der Waals surface area contributed by atoms with E-state index in [0.717, 1.165) is 35.8 Å². The number of nitrogens with one attached hydrogen (secondary N) is 1. The summed E-state index contributed by atoms with van der Waals surface area (Å²) in [5, 5.41) is 2.98. The van der Waals surface area contributed by atoms with Crippen molar-refractivity contribution >= 4 is 33.2 Å². The van der Waals surface area contributed by atoms with Gasteiger partial charge in [0.25, 0.3) is 0 Å². The van der Waals surface area contributed by atoms with Crippen molar-refractivity contribution in [2.45, 2.75) is 38.5 Å². The zero-order valence-corrected chi connectivity index (χ0v) is 12.0. The van der Waals surface area contributed by atoms with Crippen LogP contribution in [-0.2, 0) is 4.79 Å². The van der Waals surface area contributed by atoms with Crippen LogP contribution in [0.2, 0.25) is 0 Å². The third kappa shape index (κ3) is 3.48. The number of halogens is 1. The number of nitrogen functional groups attached to an aromatic ring is 1. The second-order valence-corrected chi connectivity index (χ2v) is 5.77. The molecule has 0 unspecified atom stereocenters. The molecule has 1 fully saturated rings. The van der Waals surface area contributed by atoms with Gasteiger partial charge in [-0.3, -0.25) is 4.79 Å². The maximum absolute atomic E-state index is 12.2. The SMILES string of the molecule is Nc1ccc(Br)c(NC(=O)C2CCCCCC2)c1. The Balaban J connectivity index is 2.03. The van der Waals surface area contributed by atoms with Gasteiger partial charge >= 0.3 is 0 Å². The van der Waals surface area contributed by atoms with Crippen LogP contribution in [-0.4, -0.2) is 5.91 Å². The van der Waals surface area contributed by atoms with Gasteiger partial charge in [0.05, 0.1) is 5.69 Å². The van der Waals surface area contributed by atoms with E-state index in [4.69, 9.17) is 5.73 Å². The Morgan fingerprint density at radius 3 is 2.56 bits per heavy atom. The first kappa shape index (κ1) is 13.4. The fraction of sp³-hybridized carbons (Fsp3) is 0.500. The predicted molar refractivity (Wildman–Crippen MR) is 78.4 cm³/mol. The molecule has 1 amide bonds. The average Bonchev–Trinajstić information content (AvgIpc) is 2.62. The summed E-state index contributed by atoms with van der Waals surface area (Å²) in [4.78, 5) is 12.2. The van der Waals surface area contributed by atoms with Crippen molar-refractivity contribution in [2.75, 3.05) is 11.1 Å². The topological polar surface area (TPSA) is 55.1 Å².